The molecule has 29 heavy (non-hydrogen) atoms. The van der Waals surface area contributed by atoms with E-state index in [1.54, 1.807) is 35.5 Å². The molecule has 3 aromatic rings. The first-order chi connectivity index (χ1) is 14.0. The molecule has 3 heterocycles. The summed E-state index contributed by atoms with van der Waals surface area (Å²) in [6, 6.07) is 7.34. The molecular formula is C18H17FN4O3S3. The van der Waals surface area contributed by atoms with Crippen LogP contribution in [-0.2, 0) is 10.0 Å². The zero-order chi connectivity index (χ0) is 20.4. The lowest BCUT2D eigenvalue weighted by molar-refractivity contribution is 0.102. The molecule has 0 aliphatic carbocycles. The van der Waals surface area contributed by atoms with Crippen molar-refractivity contribution in [3.8, 4) is 5.69 Å². The molecule has 4 rings (SSSR count). The van der Waals surface area contributed by atoms with Gasteiger partial charge in [-0.3, -0.25) is 4.79 Å². The van der Waals surface area contributed by atoms with Crippen LogP contribution in [0.1, 0.15) is 9.67 Å². The van der Waals surface area contributed by atoms with Crippen molar-refractivity contribution in [2.24, 2.45) is 0 Å². The molecule has 1 fully saturated rings. The number of halogens is 1. The molecule has 1 aliphatic heterocycles. The summed E-state index contributed by atoms with van der Waals surface area (Å²) in [4.78, 5) is 12.8. The number of rotatable bonds is 5. The molecule has 2 aromatic heterocycles. The lowest BCUT2D eigenvalue weighted by Gasteiger charge is -2.25. The summed E-state index contributed by atoms with van der Waals surface area (Å²) in [6.07, 6.45) is 3.15. The molecule has 0 unspecified atom stereocenters. The number of carbonyl (C=O) groups is 1. The van der Waals surface area contributed by atoms with Gasteiger partial charge in [0, 0.05) is 42.7 Å². The van der Waals surface area contributed by atoms with E-state index in [1.807, 2.05) is 0 Å². The van der Waals surface area contributed by atoms with Gasteiger partial charge in [-0.05, 0) is 35.7 Å². The zero-order valence-corrected chi connectivity index (χ0v) is 17.6. The molecule has 0 atom stereocenters. The van der Waals surface area contributed by atoms with Gasteiger partial charge >= 0.3 is 0 Å². The summed E-state index contributed by atoms with van der Waals surface area (Å²) in [6.45, 7) is 0.841. The predicted molar refractivity (Wildman–Crippen MR) is 112 cm³/mol. The van der Waals surface area contributed by atoms with Crippen LogP contribution in [0.5, 0.6) is 0 Å². The predicted octanol–water partition coefficient (Wildman–Crippen LogP) is 3.06. The third-order valence-corrected chi connectivity index (χ3v) is 8.31. The van der Waals surface area contributed by atoms with Crippen molar-refractivity contribution >= 4 is 44.7 Å². The van der Waals surface area contributed by atoms with Crippen LogP contribution >= 0.6 is 23.1 Å². The number of aromatic nitrogens is 2. The number of amides is 1. The van der Waals surface area contributed by atoms with Crippen molar-refractivity contribution in [3.63, 3.8) is 0 Å². The minimum absolute atomic E-state index is 0.0134. The van der Waals surface area contributed by atoms with E-state index >= 15 is 0 Å². The summed E-state index contributed by atoms with van der Waals surface area (Å²) >= 11 is 2.74. The Bertz CT molecular complexity index is 1120. The van der Waals surface area contributed by atoms with E-state index in [4.69, 9.17) is 0 Å². The minimum Gasteiger partial charge on any atom is -0.321 e. The minimum atomic E-state index is -3.75. The summed E-state index contributed by atoms with van der Waals surface area (Å²) in [5.41, 5.74) is 0.477. The van der Waals surface area contributed by atoms with E-state index in [9.17, 15) is 17.6 Å². The molecule has 11 heteroatoms. The number of nitrogens with one attached hydrogen (secondary N) is 1. The topological polar surface area (TPSA) is 84.3 Å². The number of benzene rings is 1. The number of thiophene rings is 1. The van der Waals surface area contributed by atoms with E-state index in [1.165, 1.54) is 33.4 Å². The first kappa shape index (κ1) is 20.1. The fourth-order valence-corrected chi connectivity index (χ4v) is 6.83. The Morgan fingerprint density at radius 1 is 1.21 bits per heavy atom. The number of sulfonamides is 1. The number of thioether (sulfide) groups is 1. The number of carbonyl (C=O) groups excluding carboxylic acids is 1. The van der Waals surface area contributed by atoms with Crippen LogP contribution in [0.4, 0.5) is 10.1 Å². The highest BCUT2D eigenvalue weighted by Gasteiger charge is 2.31. The van der Waals surface area contributed by atoms with E-state index in [0.717, 1.165) is 22.8 Å². The molecule has 0 saturated carbocycles. The Kier molecular flexibility index (Phi) is 5.72. The number of hydrogen-bond acceptors (Lipinski definition) is 6. The number of nitrogens with zero attached hydrogens (tertiary/aromatic N) is 3. The van der Waals surface area contributed by atoms with E-state index < -0.39 is 21.7 Å². The molecule has 1 aromatic carbocycles. The summed E-state index contributed by atoms with van der Waals surface area (Å²) in [7, 11) is -3.75. The molecule has 1 amide bonds. The maximum absolute atomic E-state index is 14.4. The van der Waals surface area contributed by atoms with Crippen molar-refractivity contribution < 1.29 is 17.6 Å². The Morgan fingerprint density at radius 2 is 2.00 bits per heavy atom. The van der Waals surface area contributed by atoms with Crippen molar-refractivity contribution in [2.75, 3.05) is 29.9 Å². The molecule has 7 nitrogen and oxygen atoms in total. The molecule has 152 valence electrons. The lowest BCUT2D eigenvalue weighted by Crippen LogP contribution is -2.38. The largest absolute Gasteiger partial charge is 0.321 e. The molecule has 1 saturated heterocycles. The third-order valence-electron chi connectivity index (χ3n) is 4.38. The van der Waals surface area contributed by atoms with Crippen LogP contribution in [0.25, 0.3) is 5.69 Å². The van der Waals surface area contributed by atoms with Crippen LogP contribution in [0.2, 0.25) is 0 Å². The maximum atomic E-state index is 14.4. The summed E-state index contributed by atoms with van der Waals surface area (Å²) in [5.74, 6) is 0.312. The molecule has 1 N–H and O–H groups in total. The van der Waals surface area contributed by atoms with Gasteiger partial charge < -0.3 is 5.32 Å². The Morgan fingerprint density at radius 3 is 2.69 bits per heavy atom. The number of anilines is 1. The molecule has 0 spiro atoms. The molecule has 0 bridgehead atoms. The van der Waals surface area contributed by atoms with Crippen LogP contribution in [0.3, 0.4) is 0 Å². The van der Waals surface area contributed by atoms with Crippen LogP contribution in [0.15, 0.2) is 53.0 Å². The Balaban J connectivity index is 1.56. The van der Waals surface area contributed by atoms with Crippen molar-refractivity contribution in [2.45, 2.75) is 4.90 Å². The second-order valence-corrected chi connectivity index (χ2v) is 10.2. The standard InChI is InChI=1S/C18H17FN4O3S3/c19-14-12-13(2-3-15(14)23-6-1-5-20-23)21-18(24)17-16(4-9-28-17)29(25,26)22-7-10-27-11-8-22/h1-6,9,12H,7-8,10-11H2,(H,21,24). The monoisotopic (exact) mass is 452 g/mol. The highest BCUT2D eigenvalue weighted by Crippen LogP contribution is 2.28. The van der Waals surface area contributed by atoms with Gasteiger partial charge in [0.05, 0.1) is 0 Å². The van der Waals surface area contributed by atoms with Gasteiger partial charge in [0.1, 0.15) is 15.5 Å². The van der Waals surface area contributed by atoms with Crippen molar-refractivity contribution in [1.29, 1.82) is 0 Å². The first-order valence-electron chi connectivity index (χ1n) is 8.73. The van der Waals surface area contributed by atoms with Crippen molar-refractivity contribution in [3.05, 3.63) is 58.8 Å². The summed E-state index contributed by atoms with van der Waals surface area (Å²) < 4.78 is 43.0. The van der Waals surface area contributed by atoms with Gasteiger partial charge in [-0.15, -0.1) is 11.3 Å². The van der Waals surface area contributed by atoms with Crippen LogP contribution < -0.4 is 5.32 Å². The average Bonchev–Trinajstić information content (AvgIpc) is 3.41. The highest BCUT2D eigenvalue weighted by molar-refractivity contribution is 7.99. The van der Waals surface area contributed by atoms with Gasteiger partial charge in [0.25, 0.3) is 5.91 Å². The second kappa shape index (κ2) is 8.27. The van der Waals surface area contributed by atoms with E-state index in [0.29, 0.717) is 13.1 Å². The highest BCUT2D eigenvalue weighted by atomic mass is 32.2. The Labute approximate surface area is 175 Å². The van der Waals surface area contributed by atoms with Crippen LogP contribution in [0, 0.1) is 5.82 Å². The second-order valence-electron chi connectivity index (χ2n) is 6.20. The smallest absolute Gasteiger partial charge is 0.267 e. The molecular weight excluding hydrogens is 435 g/mol. The van der Waals surface area contributed by atoms with Gasteiger partial charge in [-0.1, -0.05) is 0 Å². The normalized spacial score (nSPS) is 15.3. The fourth-order valence-electron chi connectivity index (χ4n) is 2.96. The SMILES string of the molecule is O=C(Nc1ccc(-n2cccn2)c(F)c1)c1sccc1S(=O)(=O)N1CCSCC1. The quantitative estimate of drug-likeness (QED) is 0.643. The van der Waals surface area contributed by atoms with Gasteiger partial charge in [-0.25, -0.2) is 17.5 Å². The Hall–Kier alpha value is -2.21. The van der Waals surface area contributed by atoms with Gasteiger partial charge in [0.2, 0.25) is 10.0 Å². The lowest BCUT2D eigenvalue weighted by atomic mass is 10.2. The molecule has 1 aliphatic rings. The summed E-state index contributed by atoms with van der Waals surface area (Å²) in [5, 5.41) is 8.14. The van der Waals surface area contributed by atoms with Gasteiger partial charge in [0.15, 0.2) is 5.82 Å². The van der Waals surface area contributed by atoms with Gasteiger partial charge in [-0.2, -0.15) is 21.2 Å². The van der Waals surface area contributed by atoms with Crippen molar-refractivity contribution in [1.82, 2.24) is 14.1 Å². The first-order valence-corrected chi connectivity index (χ1v) is 12.2. The average molecular weight is 453 g/mol. The zero-order valence-electron chi connectivity index (χ0n) is 15.1. The number of hydrogen-bond donors (Lipinski definition) is 1. The fraction of sp³-hybridized carbons (Fsp3) is 0.222. The van der Waals surface area contributed by atoms with E-state index in [-0.39, 0.29) is 21.1 Å². The molecule has 0 radical (unpaired) electrons. The van der Waals surface area contributed by atoms with E-state index in [2.05, 4.69) is 10.4 Å². The van der Waals surface area contributed by atoms with Crippen LogP contribution in [-0.4, -0.2) is 53.0 Å². The third kappa shape index (κ3) is 4.08. The maximum Gasteiger partial charge on any atom is 0.267 e.